The number of thiazole rings is 1. The lowest BCUT2D eigenvalue weighted by molar-refractivity contribution is 0.0702. The first-order valence-corrected chi connectivity index (χ1v) is 5.01. The van der Waals surface area contributed by atoms with Gasteiger partial charge in [0.15, 0.2) is 5.13 Å². The van der Waals surface area contributed by atoms with Crippen molar-refractivity contribution < 1.29 is 14.3 Å². The van der Waals surface area contributed by atoms with Crippen LogP contribution in [-0.2, 0) is 6.54 Å². The van der Waals surface area contributed by atoms with Gasteiger partial charge in [-0.1, -0.05) is 11.3 Å². The largest absolute Gasteiger partial charge is 0.477 e. The van der Waals surface area contributed by atoms with Crippen molar-refractivity contribution in [2.45, 2.75) is 6.54 Å². The standard InChI is InChI=1S/C9H8N2O3S/c12-8(13)7-4-11-9(15-7)10-3-6-1-2-14-5-6/h1-2,4-5H,3H2,(H,10,11)(H,12,13). The van der Waals surface area contributed by atoms with E-state index in [0.29, 0.717) is 11.7 Å². The van der Waals surface area contributed by atoms with E-state index in [1.165, 1.54) is 6.20 Å². The molecule has 6 heteroatoms. The van der Waals surface area contributed by atoms with Gasteiger partial charge in [0, 0.05) is 12.1 Å². The number of hydrogen-bond acceptors (Lipinski definition) is 5. The van der Waals surface area contributed by atoms with Crippen molar-refractivity contribution in [3.05, 3.63) is 35.2 Å². The maximum Gasteiger partial charge on any atom is 0.347 e. The smallest absolute Gasteiger partial charge is 0.347 e. The minimum Gasteiger partial charge on any atom is -0.477 e. The highest BCUT2D eigenvalue weighted by atomic mass is 32.1. The van der Waals surface area contributed by atoms with Gasteiger partial charge < -0.3 is 14.8 Å². The number of rotatable bonds is 4. The van der Waals surface area contributed by atoms with Crippen molar-refractivity contribution in [3.63, 3.8) is 0 Å². The van der Waals surface area contributed by atoms with Gasteiger partial charge in [0.1, 0.15) is 4.88 Å². The Morgan fingerprint density at radius 3 is 3.13 bits per heavy atom. The normalized spacial score (nSPS) is 10.1. The van der Waals surface area contributed by atoms with E-state index in [9.17, 15) is 4.79 Å². The predicted octanol–water partition coefficient (Wildman–Crippen LogP) is 2.05. The first-order chi connectivity index (χ1) is 7.25. The minimum absolute atomic E-state index is 0.227. The molecule has 0 bridgehead atoms. The lowest BCUT2D eigenvalue weighted by Crippen LogP contribution is -1.96. The summed E-state index contributed by atoms with van der Waals surface area (Å²) in [4.78, 5) is 14.7. The molecule has 0 saturated heterocycles. The zero-order chi connectivity index (χ0) is 10.7. The molecule has 2 rings (SSSR count). The minimum atomic E-state index is -0.955. The fourth-order valence-electron chi connectivity index (χ4n) is 1.03. The van der Waals surface area contributed by atoms with E-state index in [1.54, 1.807) is 12.5 Å². The number of furan rings is 1. The van der Waals surface area contributed by atoms with Gasteiger partial charge in [0.2, 0.25) is 0 Å². The van der Waals surface area contributed by atoms with Crippen LogP contribution in [0.3, 0.4) is 0 Å². The number of anilines is 1. The summed E-state index contributed by atoms with van der Waals surface area (Å²) >= 11 is 1.11. The number of carboxylic acids is 1. The molecule has 0 aliphatic rings. The zero-order valence-electron chi connectivity index (χ0n) is 7.64. The number of nitrogens with zero attached hydrogens (tertiary/aromatic N) is 1. The summed E-state index contributed by atoms with van der Waals surface area (Å²) < 4.78 is 4.90. The summed E-state index contributed by atoms with van der Waals surface area (Å²) in [5.41, 5.74) is 0.988. The Balaban J connectivity index is 1.96. The van der Waals surface area contributed by atoms with Crippen molar-refractivity contribution in [2.24, 2.45) is 0 Å². The lowest BCUT2D eigenvalue weighted by atomic mass is 10.3. The van der Waals surface area contributed by atoms with Crippen molar-refractivity contribution in [3.8, 4) is 0 Å². The molecule has 15 heavy (non-hydrogen) atoms. The van der Waals surface area contributed by atoms with Crippen molar-refractivity contribution >= 4 is 22.4 Å². The second kappa shape index (κ2) is 4.14. The van der Waals surface area contributed by atoms with Gasteiger partial charge in [-0.05, 0) is 6.07 Å². The molecule has 78 valence electrons. The van der Waals surface area contributed by atoms with E-state index in [1.807, 2.05) is 6.07 Å². The third-order valence-electron chi connectivity index (χ3n) is 1.74. The van der Waals surface area contributed by atoms with Crippen molar-refractivity contribution in [1.29, 1.82) is 0 Å². The highest BCUT2D eigenvalue weighted by Gasteiger charge is 2.07. The molecule has 2 aromatic rings. The Bertz CT molecular complexity index is 450. The first-order valence-electron chi connectivity index (χ1n) is 4.20. The van der Waals surface area contributed by atoms with Crippen LogP contribution in [-0.4, -0.2) is 16.1 Å². The maximum atomic E-state index is 10.6. The van der Waals surface area contributed by atoms with Gasteiger partial charge in [-0.25, -0.2) is 9.78 Å². The van der Waals surface area contributed by atoms with Gasteiger partial charge in [-0.3, -0.25) is 0 Å². The average Bonchev–Trinajstić information content (AvgIpc) is 2.86. The number of aromatic nitrogens is 1. The molecule has 0 atom stereocenters. The summed E-state index contributed by atoms with van der Waals surface area (Å²) in [6, 6.07) is 1.83. The SMILES string of the molecule is O=C(O)c1cnc(NCc2ccoc2)s1. The molecule has 0 aliphatic carbocycles. The van der Waals surface area contributed by atoms with Gasteiger partial charge in [-0.15, -0.1) is 0 Å². The van der Waals surface area contributed by atoms with E-state index in [-0.39, 0.29) is 4.88 Å². The van der Waals surface area contributed by atoms with Crippen LogP contribution in [0.25, 0.3) is 0 Å². The summed E-state index contributed by atoms with van der Waals surface area (Å²) in [5.74, 6) is -0.955. The van der Waals surface area contributed by atoms with Gasteiger partial charge >= 0.3 is 5.97 Å². The van der Waals surface area contributed by atoms with Crippen LogP contribution in [0.1, 0.15) is 15.2 Å². The molecule has 5 nitrogen and oxygen atoms in total. The molecular weight excluding hydrogens is 216 g/mol. The number of nitrogens with one attached hydrogen (secondary N) is 1. The molecule has 2 N–H and O–H groups in total. The predicted molar refractivity (Wildman–Crippen MR) is 55.1 cm³/mol. The number of hydrogen-bond donors (Lipinski definition) is 2. The quantitative estimate of drug-likeness (QED) is 0.831. The van der Waals surface area contributed by atoms with E-state index in [0.717, 1.165) is 16.9 Å². The average molecular weight is 224 g/mol. The van der Waals surface area contributed by atoms with E-state index < -0.39 is 5.97 Å². The van der Waals surface area contributed by atoms with Crippen LogP contribution in [0, 0.1) is 0 Å². The molecule has 0 fully saturated rings. The Morgan fingerprint density at radius 1 is 1.67 bits per heavy atom. The van der Waals surface area contributed by atoms with Crippen molar-refractivity contribution in [2.75, 3.05) is 5.32 Å². The third kappa shape index (κ3) is 2.35. The molecule has 2 aromatic heterocycles. The Hall–Kier alpha value is -1.82. The molecule has 0 amide bonds. The summed E-state index contributed by atoms with van der Waals surface area (Å²) in [5, 5.41) is 12.3. The molecule has 0 unspecified atom stereocenters. The number of carboxylic acid groups (broad SMARTS) is 1. The molecule has 0 radical (unpaired) electrons. The molecule has 0 spiro atoms. The summed E-state index contributed by atoms with van der Waals surface area (Å²) in [6.45, 7) is 0.572. The van der Waals surface area contributed by atoms with Crippen LogP contribution in [0.4, 0.5) is 5.13 Å². The molecular formula is C9H8N2O3S. The second-order valence-electron chi connectivity index (χ2n) is 2.82. The second-order valence-corrected chi connectivity index (χ2v) is 3.85. The molecule has 0 aliphatic heterocycles. The van der Waals surface area contributed by atoms with Crippen LogP contribution >= 0.6 is 11.3 Å². The van der Waals surface area contributed by atoms with E-state index >= 15 is 0 Å². The highest BCUT2D eigenvalue weighted by Crippen LogP contribution is 2.18. The lowest BCUT2D eigenvalue weighted by Gasteiger charge is -1.97. The Morgan fingerprint density at radius 2 is 2.53 bits per heavy atom. The molecule has 0 saturated carbocycles. The Kier molecular flexibility index (Phi) is 2.68. The fraction of sp³-hybridized carbons (Fsp3) is 0.111. The van der Waals surface area contributed by atoms with E-state index in [4.69, 9.17) is 9.52 Å². The topological polar surface area (TPSA) is 75.4 Å². The van der Waals surface area contributed by atoms with Crippen LogP contribution in [0.5, 0.6) is 0 Å². The zero-order valence-corrected chi connectivity index (χ0v) is 8.45. The molecule has 2 heterocycles. The van der Waals surface area contributed by atoms with Crippen LogP contribution < -0.4 is 5.32 Å². The van der Waals surface area contributed by atoms with E-state index in [2.05, 4.69) is 10.3 Å². The van der Waals surface area contributed by atoms with Crippen LogP contribution in [0.2, 0.25) is 0 Å². The van der Waals surface area contributed by atoms with Gasteiger partial charge in [0.05, 0.1) is 18.7 Å². The van der Waals surface area contributed by atoms with Gasteiger partial charge in [0.25, 0.3) is 0 Å². The fourth-order valence-corrected chi connectivity index (χ4v) is 1.68. The van der Waals surface area contributed by atoms with Gasteiger partial charge in [-0.2, -0.15) is 0 Å². The molecule has 0 aromatic carbocycles. The summed E-state index contributed by atoms with van der Waals surface area (Å²) in [6.07, 6.45) is 4.55. The monoisotopic (exact) mass is 224 g/mol. The van der Waals surface area contributed by atoms with Crippen molar-refractivity contribution in [1.82, 2.24) is 4.98 Å². The number of carbonyl (C=O) groups is 1. The summed E-state index contributed by atoms with van der Waals surface area (Å²) in [7, 11) is 0. The number of aromatic carboxylic acids is 1. The Labute approximate surface area is 89.4 Å². The first kappa shape index (κ1) is 9.72. The maximum absolute atomic E-state index is 10.6. The van der Waals surface area contributed by atoms with Crippen LogP contribution in [0.15, 0.2) is 29.2 Å². The highest BCUT2D eigenvalue weighted by molar-refractivity contribution is 7.17. The third-order valence-corrected chi connectivity index (χ3v) is 2.68.